The molecular weight excluding hydrogens is 207 g/mol. The van der Waals surface area contributed by atoms with Gasteiger partial charge in [0.2, 0.25) is 5.95 Å². The zero-order valence-electron chi connectivity index (χ0n) is 8.11. The second-order valence-electron chi connectivity index (χ2n) is 2.58. The molecule has 0 unspecified atom stereocenters. The first-order chi connectivity index (χ1) is 6.99. The maximum Gasteiger partial charge on any atom is 0.420 e. The molecule has 80 valence electrons. The molecule has 1 heterocycles. The molecule has 0 aromatic carbocycles. The lowest BCUT2D eigenvalue weighted by atomic mass is 10.2. The van der Waals surface area contributed by atoms with Gasteiger partial charge in [-0.3, -0.25) is 0 Å². The molecule has 1 rings (SSSR count). The molecule has 0 amide bonds. The number of rotatable bonds is 1. The van der Waals surface area contributed by atoms with Crippen LogP contribution in [0.2, 0.25) is 0 Å². The molecule has 1 aromatic heterocycles. The van der Waals surface area contributed by atoms with E-state index >= 15 is 0 Å². The number of alkyl halides is 3. The van der Waals surface area contributed by atoms with Gasteiger partial charge in [-0.2, -0.15) is 13.2 Å². The van der Waals surface area contributed by atoms with Gasteiger partial charge in [0.15, 0.2) is 0 Å². The van der Waals surface area contributed by atoms with Crippen LogP contribution in [0.1, 0.15) is 18.2 Å². The van der Waals surface area contributed by atoms with Crippen molar-refractivity contribution in [1.29, 1.82) is 0 Å². The van der Waals surface area contributed by atoms with E-state index in [1.54, 1.807) is 0 Å². The number of aromatic nitrogens is 2. The SMILES string of the molecule is CC#Cc1nc(NC)ncc1C(F)(F)F. The van der Waals surface area contributed by atoms with Gasteiger partial charge in [-0.05, 0) is 12.8 Å². The summed E-state index contributed by atoms with van der Waals surface area (Å²) in [5.41, 5.74) is -1.24. The fraction of sp³-hybridized carbons (Fsp3) is 0.333. The summed E-state index contributed by atoms with van der Waals surface area (Å²) in [6, 6.07) is 0. The molecule has 0 saturated heterocycles. The number of hydrogen-bond acceptors (Lipinski definition) is 3. The summed E-state index contributed by atoms with van der Waals surface area (Å²) in [6.07, 6.45) is -3.76. The lowest BCUT2D eigenvalue weighted by Crippen LogP contribution is -2.11. The fourth-order valence-electron chi connectivity index (χ4n) is 0.923. The molecule has 0 fully saturated rings. The Morgan fingerprint density at radius 2 is 2.07 bits per heavy atom. The minimum absolute atomic E-state index is 0.112. The molecule has 1 aromatic rings. The van der Waals surface area contributed by atoms with E-state index in [4.69, 9.17) is 0 Å². The predicted octanol–water partition coefficient (Wildman–Crippen LogP) is 1.91. The second kappa shape index (κ2) is 4.17. The number of nitrogens with zero attached hydrogens (tertiary/aromatic N) is 2. The van der Waals surface area contributed by atoms with Crippen LogP contribution < -0.4 is 5.32 Å². The van der Waals surface area contributed by atoms with E-state index in [0.717, 1.165) is 6.20 Å². The first-order valence-electron chi connectivity index (χ1n) is 4.03. The van der Waals surface area contributed by atoms with Crippen molar-refractivity contribution in [2.75, 3.05) is 12.4 Å². The maximum absolute atomic E-state index is 12.4. The number of hydrogen-bond donors (Lipinski definition) is 1. The molecule has 0 aliphatic rings. The Kier molecular flexibility index (Phi) is 3.14. The zero-order valence-corrected chi connectivity index (χ0v) is 8.11. The molecule has 1 N–H and O–H groups in total. The van der Waals surface area contributed by atoms with Crippen LogP contribution >= 0.6 is 0 Å². The Morgan fingerprint density at radius 1 is 1.40 bits per heavy atom. The quantitative estimate of drug-likeness (QED) is 0.727. The van der Waals surface area contributed by atoms with Crippen LogP contribution in [-0.4, -0.2) is 17.0 Å². The van der Waals surface area contributed by atoms with Gasteiger partial charge < -0.3 is 5.32 Å². The van der Waals surface area contributed by atoms with Crippen LogP contribution in [0.15, 0.2) is 6.20 Å². The van der Waals surface area contributed by atoms with Crippen molar-refractivity contribution in [3.05, 3.63) is 17.5 Å². The Morgan fingerprint density at radius 3 is 2.53 bits per heavy atom. The first kappa shape index (κ1) is 11.3. The smallest absolute Gasteiger partial charge is 0.357 e. The Balaban J connectivity index is 3.32. The van der Waals surface area contributed by atoms with E-state index < -0.39 is 11.7 Å². The molecule has 0 saturated carbocycles. The van der Waals surface area contributed by atoms with Crippen LogP contribution in [-0.2, 0) is 6.18 Å². The van der Waals surface area contributed by atoms with E-state index in [1.807, 2.05) is 0 Å². The van der Waals surface area contributed by atoms with Gasteiger partial charge in [-0.1, -0.05) is 5.92 Å². The standard InChI is InChI=1S/C9H8F3N3/c1-3-4-7-6(9(10,11)12)5-14-8(13-2)15-7/h5H,1-2H3,(H,13,14,15). The van der Waals surface area contributed by atoms with Crippen LogP contribution in [0, 0.1) is 11.8 Å². The Hall–Kier alpha value is -1.77. The molecular formula is C9H8F3N3. The molecule has 15 heavy (non-hydrogen) atoms. The van der Waals surface area contributed by atoms with Gasteiger partial charge in [0.25, 0.3) is 0 Å². The largest absolute Gasteiger partial charge is 0.420 e. The number of anilines is 1. The zero-order chi connectivity index (χ0) is 11.5. The highest BCUT2D eigenvalue weighted by molar-refractivity contribution is 5.40. The molecule has 3 nitrogen and oxygen atoms in total. The van der Waals surface area contributed by atoms with Gasteiger partial charge >= 0.3 is 6.18 Å². The van der Waals surface area contributed by atoms with Crippen molar-refractivity contribution in [3.63, 3.8) is 0 Å². The third kappa shape index (κ3) is 2.59. The molecule has 0 aliphatic heterocycles. The topological polar surface area (TPSA) is 37.8 Å². The lowest BCUT2D eigenvalue weighted by Gasteiger charge is -2.08. The molecule has 0 radical (unpaired) electrons. The van der Waals surface area contributed by atoms with Crippen molar-refractivity contribution in [3.8, 4) is 11.8 Å². The third-order valence-electron chi connectivity index (χ3n) is 1.56. The van der Waals surface area contributed by atoms with E-state index in [2.05, 4.69) is 27.1 Å². The van der Waals surface area contributed by atoms with E-state index in [-0.39, 0.29) is 11.6 Å². The van der Waals surface area contributed by atoms with E-state index in [1.165, 1.54) is 14.0 Å². The highest BCUT2D eigenvalue weighted by Gasteiger charge is 2.34. The monoisotopic (exact) mass is 215 g/mol. The van der Waals surface area contributed by atoms with Gasteiger partial charge in [-0.15, -0.1) is 0 Å². The van der Waals surface area contributed by atoms with Crippen LogP contribution in [0.5, 0.6) is 0 Å². The second-order valence-corrected chi connectivity index (χ2v) is 2.58. The Bertz CT molecular complexity index is 415. The van der Waals surface area contributed by atoms with Gasteiger partial charge in [0, 0.05) is 13.2 Å². The van der Waals surface area contributed by atoms with Gasteiger partial charge in [0.1, 0.15) is 11.3 Å². The van der Waals surface area contributed by atoms with Gasteiger partial charge in [-0.25, -0.2) is 9.97 Å². The Labute approximate surface area is 84.7 Å². The average molecular weight is 215 g/mol. The van der Waals surface area contributed by atoms with E-state index in [0.29, 0.717) is 0 Å². The van der Waals surface area contributed by atoms with Crippen molar-refractivity contribution in [2.24, 2.45) is 0 Å². The van der Waals surface area contributed by atoms with Crippen molar-refractivity contribution in [1.82, 2.24) is 9.97 Å². The minimum Gasteiger partial charge on any atom is -0.357 e. The summed E-state index contributed by atoms with van der Waals surface area (Å²) in [6.45, 7) is 1.45. The summed E-state index contributed by atoms with van der Waals surface area (Å²) >= 11 is 0. The van der Waals surface area contributed by atoms with Gasteiger partial charge in [0.05, 0.1) is 0 Å². The highest BCUT2D eigenvalue weighted by Crippen LogP contribution is 2.30. The number of halogens is 3. The maximum atomic E-state index is 12.4. The van der Waals surface area contributed by atoms with Crippen molar-refractivity contribution in [2.45, 2.75) is 13.1 Å². The lowest BCUT2D eigenvalue weighted by molar-refractivity contribution is -0.138. The normalized spacial score (nSPS) is 10.5. The average Bonchev–Trinajstić information content (AvgIpc) is 2.16. The minimum atomic E-state index is -4.48. The summed E-state index contributed by atoms with van der Waals surface area (Å²) in [5, 5.41) is 2.55. The molecule has 0 spiro atoms. The van der Waals surface area contributed by atoms with Crippen molar-refractivity contribution >= 4 is 5.95 Å². The van der Waals surface area contributed by atoms with Crippen LogP contribution in [0.4, 0.5) is 19.1 Å². The molecule has 6 heteroatoms. The van der Waals surface area contributed by atoms with Crippen LogP contribution in [0.3, 0.4) is 0 Å². The summed E-state index contributed by atoms with van der Waals surface area (Å²) < 4.78 is 37.3. The fourth-order valence-corrected chi connectivity index (χ4v) is 0.923. The summed E-state index contributed by atoms with van der Waals surface area (Å²) in [7, 11) is 1.52. The molecule has 0 atom stereocenters. The van der Waals surface area contributed by atoms with Crippen LogP contribution in [0.25, 0.3) is 0 Å². The summed E-state index contributed by atoms with van der Waals surface area (Å²) in [4.78, 5) is 7.13. The number of nitrogens with one attached hydrogen (secondary N) is 1. The third-order valence-corrected chi connectivity index (χ3v) is 1.56. The van der Waals surface area contributed by atoms with E-state index in [9.17, 15) is 13.2 Å². The molecule has 0 aliphatic carbocycles. The molecule has 0 bridgehead atoms. The van der Waals surface area contributed by atoms with Crippen molar-refractivity contribution < 1.29 is 13.2 Å². The summed E-state index contributed by atoms with van der Waals surface area (Å²) in [5.74, 6) is 4.79. The first-order valence-corrected chi connectivity index (χ1v) is 4.03. The highest BCUT2D eigenvalue weighted by atomic mass is 19.4. The predicted molar refractivity (Wildman–Crippen MR) is 49.1 cm³/mol.